The summed E-state index contributed by atoms with van der Waals surface area (Å²) in [6.45, 7) is 1.84. The smallest absolute Gasteiger partial charge is 0.227 e. The third-order valence-electron chi connectivity index (χ3n) is 8.20. The van der Waals surface area contributed by atoms with Crippen LogP contribution in [0.15, 0.2) is 24.3 Å². The van der Waals surface area contributed by atoms with Crippen molar-refractivity contribution in [1.29, 1.82) is 0 Å². The third-order valence-corrected chi connectivity index (χ3v) is 8.20. The van der Waals surface area contributed by atoms with Crippen molar-refractivity contribution in [3.8, 4) is 0 Å². The molecule has 6 rings (SSSR count). The van der Waals surface area contributed by atoms with E-state index >= 15 is 0 Å². The topological polar surface area (TPSA) is 78.5 Å². The van der Waals surface area contributed by atoms with Gasteiger partial charge in [-0.15, -0.1) is 0 Å². The number of hydrogen-bond acceptors (Lipinski definition) is 3. The fourth-order valence-corrected chi connectivity index (χ4v) is 7.03. The number of carbonyl (C=O) groups excluding carboxylic acids is 3. The van der Waals surface area contributed by atoms with Gasteiger partial charge in [0.2, 0.25) is 17.7 Å². The maximum Gasteiger partial charge on any atom is 0.227 e. The highest BCUT2D eigenvalue weighted by atomic mass is 16.2. The van der Waals surface area contributed by atoms with Gasteiger partial charge in [-0.05, 0) is 86.8 Å². The Kier molecular flexibility index (Phi) is 5.95. The first-order chi connectivity index (χ1) is 15.5. The Hall–Kier alpha value is -2.37. The van der Waals surface area contributed by atoms with E-state index in [1.54, 1.807) is 0 Å². The number of benzene rings is 1. The molecule has 4 saturated carbocycles. The highest BCUT2D eigenvalue weighted by Gasteiger charge is 2.54. The maximum atomic E-state index is 13.0. The molecule has 1 saturated heterocycles. The van der Waals surface area contributed by atoms with E-state index in [0.717, 1.165) is 61.2 Å². The molecule has 0 aromatic heterocycles. The molecular formula is C26H35N3O3. The number of nitrogens with zero attached hydrogens (tertiary/aromatic N) is 1. The number of amides is 3. The molecule has 0 unspecified atom stereocenters. The van der Waals surface area contributed by atoms with Gasteiger partial charge in [0.25, 0.3) is 0 Å². The second-order valence-electron chi connectivity index (χ2n) is 10.6. The van der Waals surface area contributed by atoms with E-state index in [-0.39, 0.29) is 23.1 Å². The SMILES string of the molecule is O=C(CCCNC(=O)C12CC3CC(CC(C3)C1)C2)NCc1ccc(N2CCCC2=O)cc1. The number of hydrogen-bond donors (Lipinski definition) is 2. The van der Waals surface area contributed by atoms with Crippen LogP contribution in [0.2, 0.25) is 0 Å². The normalized spacial score (nSPS) is 30.6. The second kappa shape index (κ2) is 8.87. The van der Waals surface area contributed by atoms with Gasteiger partial charge >= 0.3 is 0 Å². The summed E-state index contributed by atoms with van der Waals surface area (Å²) in [4.78, 5) is 38.8. The van der Waals surface area contributed by atoms with Crippen LogP contribution >= 0.6 is 0 Å². The predicted molar refractivity (Wildman–Crippen MR) is 123 cm³/mol. The van der Waals surface area contributed by atoms with Crippen molar-refractivity contribution in [3.05, 3.63) is 29.8 Å². The lowest BCUT2D eigenvalue weighted by Gasteiger charge is -2.55. The van der Waals surface area contributed by atoms with Gasteiger partial charge in [0.15, 0.2) is 0 Å². The Morgan fingerprint density at radius 1 is 0.969 bits per heavy atom. The molecule has 6 nitrogen and oxygen atoms in total. The summed E-state index contributed by atoms with van der Waals surface area (Å²) >= 11 is 0. The van der Waals surface area contributed by atoms with Crippen LogP contribution < -0.4 is 15.5 Å². The van der Waals surface area contributed by atoms with E-state index in [2.05, 4.69) is 10.6 Å². The minimum atomic E-state index is -0.108. The summed E-state index contributed by atoms with van der Waals surface area (Å²) in [5, 5.41) is 6.12. The lowest BCUT2D eigenvalue weighted by molar-refractivity contribution is -0.146. The van der Waals surface area contributed by atoms with Crippen molar-refractivity contribution < 1.29 is 14.4 Å². The van der Waals surface area contributed by atoms with Crippen LogP contribution in [-0.2, 0) is 20.9 Å². The molecule has 2 N–H and O–H groups in total. The van der Waals surface area contributed by atoms with Crippen molar-refractivity contribution in [3.63, 3.8) is 0 Å². The zero-order valence-electron chi connectivity index (χ0n) is 18.9. The van der Waals surface area contributed by atoms with Crippen LogP contribution in [0.3, 0.4) is 0 Å². The Balaban J connectivity index is 1.01. The molecule has 1 heterocycles. The molecule has 0 spiro atoms. The maximum absolute atomic E-state index is 13.0. The van der Waals surface area contributed by atoms with Gasteiger partial charge in [0.05, 0.1) is 0 Å². The summed E-state index contributed by atoms with van der Waals surface area (Å²) < 4.78 is 0. The average molecular weight is 438 g/mol. The van der Waals surface area contributed by atoms with Gasteiger partial charge in [0.1, 0.15) is 0 Å². The molecule has 4 bridgehead atoms. The van der Waals surface area contributed by atoms with Crippen LogP contribution in [0.25, 0.3) is 0 Å². The van der Waals surface area contributed by atoms with E-state index in [1.165, 1.54) is 19.3 Å². The van der Waals surface area contributed by atoms with E-state index in [0.29, 0.717) is 32.4 Å². The second-order valence-corrected chi connectivity index (χ2v) is 10.6. The average Bonchev–Trinajstić information content (AvgIpc) is 3.20. The monoisotopic (exact) mass is 437 g/mol. The Bertz CT molecular complexity index is 844. The fourth-order valence-electron chi connectivity index (χ4n) is 7.03. The molecule has 6 heteroatoms. The molecule has 3 amide bonds. The van der Waals surface area contributed by atoms with Crippen LogP contribution in [0.1, 0.15) is 69.8 Å². The molecule has 5 fully saturated rings. The van der Waals surface area contributed by atoms with E-state index in [1.807, 2.05) is 29.2 Å². The molecule has 5 aliphatic rings. The molecular weight excluding hydrogens is 402 g/mol. The first kappa shape index (κ1) is 21.5. The van der Waals surface area contributed by atoms with Crippen molar-refractivity contribution >= 4 is 23.4 Å². The number of anilines is 1. The quantitative estimate of drug-likeness (QED) is 0.611. The zero-order valence-corrected chi connectivity index (χ0v) is 18.9. The van der Waals surface area contributed by atoms with Crippen LogP contribution in [-0.4, -0.2) is 30.8 Å². The third kappa shape index (κ3) is 4.41. The molecule has 4 aliphatic carbocycles. The summed E-state index contributed by atoms with van der Waals surface area (Å²) in [7, 11) is 0. The van der Waals surface area contributed by atoms with Gasteiger partial charge in [-0.1, -0.05) is 12.1 Å². The minimum Gasteiger partial charge on any atom is -0.356 e. The number of nitrogens with one attached hydrogen (secondary N) is 2. The predicted octanol–water partition coefficient (Wildman–Crippen LogP) is 3.54. The van der Waals surface area contributed by atoms with Crippen molar-refractivity contribution in [1.82, 2.24) is 10.6 Å². The number of rotatable bonds is 8. The minimum absolute atomic E-state index is 0.00727. The van der Waals surface area contributed by atoms with E-state index < -0.39 is 0 Å². The van der Waals surface area contributed by atoms with Crippen molar-refractivity contribution in [2.45, 2.75) is 70.8 Å². The van der Waals surface area contributed by atoms with Gasteiger partial charge in [-0.25, -0.2) is 0 Å². The molecule has 1 aromatic carbocycles. The van der Waals surface area contributed by atoms with Gasteiger partial charge in [-0.3, -0.25) is 14.4 Å². The van der Waals surface area contributed by atoms with Crippen molar-refractivity contribution in [2.75, 3.05) is 18.0 Å². The summed E-state index contributed by atoms with van der Waals surface area (Å²) in [6, 6.07) is 7.83. The van der Waals surface area contributed by atoms with Crippen LogP contribution in [0, 0.1) is 23.2 Å². The van der Waals surface area contributed by atoms with E-state index in [4.69, 9.17) is 0 Å². The van der Waals surface area contributed by atoms with Crippen LogP contribution in [0.5, 0.6) is 0 Å². The Morgan fingerprint density at radius 3 is 2.22 bits per heavy atom. The van der Waals surface area contributed by atoms with Gasteiger partial charge in [-0.2, -0.15) is 0 Å². The molecule has 32 heavy (non-hydrogen) atoms. The molecule has 1 aliphatic heterocycles. The fraction of sp³-hybridized carbons (Fsp3) is 0.654. The highest BCUT2D eigenvalue weighted by Crippen LogP contribution is 2.60. The first-order valence-corrected chi connectivity index (χ1v) is 12.4. The first-order valence-electron chi connectivity index (χ1n) is 12.4. The zero-order chi connectivity index (χ0) is 22.1. The lowest BCUT2D eigenvalue weighted by Crippen LogP contribution is -2.53. The Labute approximate surface area is 190 Å². The summed E-state index contributed by atoms with van der Waals surface area (Å²) in [6.07, 6.45) is 9.88. The largest absolute Gasteiger partial charge is 0.356 e. The number of carbonyl (C=O) groups is 3. The Morgan fingerprint density at radius 2 is 1.62 bits per heavy atom. The summed E-state index contributed by atoms with van der Waals surface area (Å²) in [5.74, 6) is 2.73. The standard InChI is InChI=1S/C26H35N3O3/c30-23(28-17-18-5-7-22(8-6-18)29-10-2-4-24(29)31)3-1-9-27-25(32)26-14-19-11-20(15-26)13-21(12-19)16-26/h5-8,19-21H,1-4,9-17H2,(H,27,32)(H,28,30). The van der Waals surface area contributed by atoms with Crippen LogP contribution in [0.4, 0.5) is 5.69 Å². The summed E-state index contributed by atoms with van der Waals surface area (Å²) in [5.41, 5.74) is 1.84. The molecule has 0 atom stereocenters. The van der Waals surface area contributed by atoms with E-state index in [9.17, 15) is 14.4 Å². The lowest BCUT2D eigenvalue weighted by atomic mass is 9.49. The van der Waals surface area contributed by atoms with Crippen molar-refractivity contribution in [2.24, 2.45) is 23.2 Å². The highest BCUT2D eigenvalue weighted by molar-refractivity contribution is 5.95. The van der Waals surface area contributed by atoms with Gasteiger partial charge < -0.3 is 15.5 Å². The molecule has 0 radical (unpaired) electrons. The molecule has 172 valence electrons. The van der Waals surface area contributed by atoms with Gasteiger partial charge in [0, 0.05) is 43.6 Å². The molecule has 1 aromatic rings.